The summed E-state index contributed by atoms with van der Waals surface area (Å²) in [6, 6.07) is 31.4. The highest BCUT2D eigenvalue weighted by Crippen LogP contribution is 2.40. The van der Waals surface area contributed by atoms with Crippen molar-refractivity contribution in [2.75, 3.05) is 0 Å². The Morgan fingerprint density at radius 1 is 0.825 bits per heavy atom. The zero-order valence-corrected chi connectivity index (χ0v) is 21.7. The van der Waals surface area contributed by atoms with Crippen LogP contribution in [0.2, 0.25) is 0 Å². The van der Waals surface area contributed by atoms with Crippen LogP contribution in [0.4, 0.5) is 4.39 Å². The topological polar surface area (TPSA) is 93.5 Å². The predicted octanol–water partition coefficient (Wildman–Crippen LogP) is 7.06. The Morgan fingerprint density at radius 2 is 1.48 bits per heavy atom. The molecule has 198 valence electrons. The second-order valence-corrected chi connectivity index (χ2v) is 10.0. The minimum absolute atomic E-state index is 0.198. The van der Waals surface area contributed by atoms with E-state index < -0.39 is 0 Å². The van der Waals surface area contributed by atoms with Gasteiger partial charge < -0.3 is 10.8 Å². The van der Waals surface area contributed by atoms with Crippen molar-refractivity contribution >= 4 is 23.0 Å². The van der Waals surface area contributed by atoms with Gasteiger partial charge in [0, 0.05) is 33.8 Å². The lowest BCUT2D eigenvalue weighted by Crippen LogP contribution is -2.43. The summed E-state index contributed by atoms with van der Waals surface area (Å²) >= 11 is 0. The summed E-state index contributed by atoms with van der Waals surface area (Å²) < 4.78 is 15.4. The molecule has 7 heteroatoms. The van der Waals surface area contributed by atoms with E-state index in [1.165, 1.54) is 24.1 Å². The highest BCUT2D eigenvalue weighted by molar-refractivity contribution is 6.02. The molecule has 0 bridgehead atoms. The standard InChI is InChI=1S/C32H25FN4.CH2O2/c33-25-16-12-22(13-17-25)26-8-4-9-27-30(26)36-37-20-28(21-6-2-1-3-7-21)29(35-31(27)37)23-10-14-24(15-11-23)32(34)18-5-19-32;2-1-3/h1-4,6-17,20H,5,18-19,34H2;1H,(H,2,3). The first-order valence-electron chi connectivity index (χ1n) is 13.1. The van der Waals surface area contributed by atoms with Crippen molar-refractivity contribution in [3.63, 3.8) is 0 Å². The van der Waals surface area contributed by atoms with Gasteiger partial charge in [-0.15, -0.1) is 0 Å². The van der Waals surface area contributed by atoms with Crippen molar-refractivity contribution in [1.29, 1.82) is 0 Å². The Labute approximate surface area is 230 Å². The average Bonchev–Trinajstić information content (AvgIpc) is 3.34. The summed E-state index contributed by atoms with van der Waals surface area (Å²) in [6.45, 7) is -0.250. The van der Waals surface area contributed by atoms with Crippen LogP contribution in [0.3, 0.4) is 0 Å². The maximum absolute atomic E-state index is 13.6. The monoisotopic (exact) mass is 530 g/mol. The molecular formula is C33H27FN4O2. The smallest absolute Gasteiger partial charge is 0.290 e. The number of nitrogens with two attached hydrogens (primary N) is 1. The lowest BCUT2D eigenvalue weighted by atomic mass is 9.72. The minimum Gasteiger partial charge on any atom is -0.483 e. The van der Waals surface area contributed by atoms with E-state index in [1.807, 2.05) is 40.9 Å². The number of benzene rings is 4. The van der Waals surface area contributed by atoms with Gasteiger partial charge in [0.1, 0.15) is 11.3 Å². The molecule has 7 rings (SSSR count). The first-order valence-corrected chi connectivity index (χ1v) is 13.1. The van der Waals surface area contributed by atoms with Crippen molar-refractivity contribution in [2.45, 2.75) is 24.8 Å². The van der Waals surface area contributed by atoms with Gasteiger partial charge in [0.15, 0.2) is 5.65 Å². The number of rotatable bonds is 4. The van der Waals surface area contributed by atoms with Gasteiger partial charge in [0.2, 0.25) is 0 Å². The van der Waals surface area contributed by atoms with Crippen molar-refractivity contribution in [3.05, 3.63) is 115 Å². The normalized spacial score (nSPS) is 13.8. The molecule has 0 atom stereocenters. The number of aromatic nitrogens is 3. The summed E-state index contributed by atoms with van der Waals surface area (Å²) in [6.07, 6.45) is 5.31. The molecule has 0 saturated heterocycles. The fraction of sp³-hybridized carbons (Fsp3) is 0.121. The van der Waals surface area contributed by atoms with E-state index in [9.17, 15) is 4.39 Å². The largest absolute Gasteiger partial charge is 0.483 e. The van der Waals surface area contributed by atoms with Crippen molar-refractivity contribution in [1.82, 2.24) is 14.6 Å². The molecular weight excluding hydrogens is 503 g/mol. The molecule has 2 heterocycles. The average molecular weight is 531 g/mol. The molecule has 1 saturated carbocycles. The number of halogens is 1. The molecule has 6 aromatic rings. The van der Waals surface area contributed by atoms with Gasteiger partial charge in [-0.1, -0.05) is 78.9 Å². The molecule has 1 aliphatic rings. The van der Waals surface area contributed by atoms with Gasteiger partial charge in [-0.2, -0.15) is 5.10 Å². The summed E-state index contributed by atoms with van der Waals surface area (Å²) in [5.74, 6) is -0.256. The number of fused-ring (bicyclic) bond motifs is 3. The molecule has 0 aliphatic heterocycles. The van der Waals surface area contributed by atoms with Gasteiger partial charge in [-0.05, 0) is 54.2 Å². The number of hydrogen-bond acceptors (Lipinski definition) is 4. The first kappa shape index (κ1) is 25.4. The van der Waals surface area contributed by atoms with E-state index in [1.54, 1.807) is 12.1 Å². The van der Waals surface area contributed by atoms with Crippen LogP contribution in [0.15, 0.2) is 103 Å². The Kier molecular flexibility index (Phi) is 6.58. The Bertz CT molecular complexity index is 1810. The third-order valence-corrected chi connectivity index (χ3v) is 7.64. The summed E-state index contributed by atoms with van der Waals surface area (Å²) in [5, 5.41) is 12.8. The summed E-state index contributed by atoms with van der Waals surface area (Å²) in [4.78, 5) is 13.6. The van der Waals surface area contributed by atoms with Crippen LogP contribution in [-0.2, 0) is 10.3 Å². The van der Waals surface area contributed by atoms with Gasteiger partial charge in [-0.25, -0.2) is 13.9 Å². The molecule has 6 nitrogen and oxygen atoms in total. The molecule has 1 fully saturated rings. The second kappa shape index (κ2) is 10.4. The second-order valence-electron chi connectivity index (χ2n) is 10.0. The number of nitrogens with zero attached hydrogens (tertiary/aromatic N) is 3. The van der Waals surface area contributed by atoms with Crippen LogP contribution >= 0.6 is 0 Å². The van der Waals surface area contributed by atoms with Crippen molar-refractivity contribution in [2.24, 2.45) is 5.73 Å². The van der Waals surface area contributed by atoms with Crippen LogP contribution in [0.5, 0.6) is 0 Å². The van der Waals surface area contributed by atoms with E-state index in [-0.39, 0.29) is 17.8 Å². The Hall–Kier alpha value is -4.88. The van der Waals surface area contributed by atoms with E-state index in [0.29, 0.717) is 0 Å². The third kappa shape index (κ3) is 4.50. The van der Waals surface area contributed by atoms with E-state index in [4.69, 9.17) is 25.7 Å². The SMILES string of the molecule is NC1(c2ccc(-c3nc4c5cccc(-c6ccc(F)cc6)c5nn4cc3-c3ccccc3)cc2)CCC1.O=CO. The maximum Gasteiger partial charge on any atom is 0.290 e. The number of hydrogen-bond donors (Lipinski definition) is 2. The van der Waals surface area contributed by atoms with Crippen molar-refractivity contribution in [3.8, 4) is 33.5 Å². The van der Waals surface area contributed by atoms with Gasteiger partial charge in [-0.3, -0.25) is 4.79 Å². The zero-order valence-electron chi connectivity index (χ0n) is 21.7. The van der Waals surface area contributed by atoms with E-state index in [2.05, 4.69) is 42.6 Å². The molecule has 0 amide bonds. The van der Waals surface area contributed by atoms with Crippen LogP contribution < -0.4 is 5.73 Å². The highest BCUT2D eigenvalue weighted by Gasteiger charge is 2.34. The predicted molar refractivity (Wildman–Crippen MR) is 155 cm³/mol. The van der Waals surface area contributed by atoms with Gasteiger partial charge in [0.25, 0.3) is 6.47 Å². The first-order chi connectivity index (χ1) is 19.5. The maximum atomic E-state index is 13.6. The van der Waals surface area contributed by atoms with Gasteiger partial charge in [0.05, 0.1) is 5.69 Å². The lowest BCUT2D eigenvalue weighted by molar-refractivity contribution is -0.122. The summed E-state index contributed by atoms with van der Waals surface area (Å²) in [5.41, 5.74) is 15.1. The van der Waals surface area contributed by atoms with Crippen LogP contribution in [0.25, 0.3) is 50.1 Å². The third-order valence-electron chi connectivity index (χ3n) is 7.64. The van der Waals surface area contributed by atoms with Crippen LogP contribution in [0, 0.1) is 5.82 Å². The molecule has 40 heavy (non-hydrogen) atoms. The molecule has 4 aromatic carbocycles. The van der Waals surface area contributed by atoms with Gasteiger partial charge >= 0.3 is 0 Å². The molecule has 0 radical (unpaired) electrons. The molecule has 0 spiro atoms. The molecule has 0 unspecified atom stereocenters. The molecule has 1 aliphatic carbocycles. The Morgan fingerprint density at radius 3 is 2.12 bits per heavy atom. The fourth-order valence-corrected chi connectivity index (χ4v) is 5.38. The van der Waals surface area contributed by atoms with E-state index >= 15 is 0 Å². The van der Waals surface area contributed by atoms with Crippen molar-refractivity contribution < 1.29 is 14.3 Å². The fourth-order valence-electron chi connectivity index (χ4n) is 5.38. The molecule has 3 N–H and O–H groups in total. The lowest BCUT2D eigenvalue weighted by Gasteiger charge is -2.38. The van der Waals surface area contributed by atoms with Crippen LogP contribution in [-0.4, -0.2) is 26.2 Å². The zero-order chi connectivity index (χ0) is 27.7. The number of carboxylic acid groups (broad SMARTS) is 1. The quantitative estimate of drug-likeness (QED) is 0.238. The minimum atomic E-state index is -0.256. The molecule has 2 aromatic heterocycles. The number of carbonyl (C=O) groups is 1. The van der Waals surface area contributed by atoms with E-state index in [0.717, 1.165) is 62.9 Å². The highest BCUT2D eigenvalue weighted by atomic mass is 19.1. The Balaban J connectivity index is 0.000000925. The van der Waals surface area contributed by atoms with Crippen LogP contribution in [0.1, 0.15) is 24.8 Å². The summed E-state index contributed by atoms with van der Waals surface area (Å²) in [7, 11) is 0.